The van der Waals surface area contributed by atoms with Gasteiger partial charge >= 0.3 is 6.16 Å². The van der Waals surface area contributed by atoms with Crippen molar-refractivity contribution < 1.29 is 19.1 Å². The lowest BCUT2D eigenvalue weighted by molar-refractivity contribution is 0.114. The number of hydrogen-bond donors (Lipinski definition) is 1. The van der Waals surface area contributed by atoms with Gasteiger partial charge in [0.25, 0.3) is 0 Å². The molecule has 0 saturated carbocycles. The monoisotopic (exact) mass is 145 g/mol. The van der Waals surface area contributed by atoms with Crippen LogP contribution < -0.4 is 0 Å². The zero-order valence-electron chi connectivity index (χ0n) is 5.35. The van der Waals surface area contributed by atoms with Gasteiger partial charge in [-0.1, -0.05) is 0 Å². The maximum atomic E-state index is 9.15. The van der Waals surface area contributed by atoms with E-state index in [1.54, 1.807) is 6.20 Å². The zero-order chi connectivity index (χ0) is 7.82. The number of oxazole rings is 1. The van der Waals surface area contributed by atoms with Crippen molar-refractivity contribution in [3.63, 3.8) is 0 Å². The van der Waals surface area contributed by atoms with Crippen LogP contribution in [0, 0.1) is 0 Å². The molecule has 56 valence electrons. The molecule has 0 unspecified atom stereocenters. The summed E-state index contributed by atoms with van der Waals surface area (Å²) in [5.41, 5.74) is 0. The Morgan fingerprint density at radius 1 is 1.80 bits per heavy atom. The van der Waals surface area contributed by atoms with E-state index < -0.39 is 6.16 Å². The van der Waals surface area contributed by atoms with Crippen LogP contribution in [0.2, 0.25) is 0 Å². The molecule has 5 nitrogen and oxygen atoms in total. The second-order valence-electron chi connectivity index (χ2n) is 1.15. The molecule has 0 aliphatic heterocycles. The highest BCUT2D eigenvalue weighted by atomic mass is 16.6. The molecule has 5 heteroatoms. The van der Waals surface area contributed by atoms with Crippen LogP contribution in [0.25, 0.3) is 0 Å². The molecule has 0 atom stereocenters. The predicted octanol–water partition coefficient (Wildman–Crippen LogP) is 0.985. The summed E-state index contributed by atoms with van der Waals surface area (Å²) in [5.74, 6) is 0. The summed E-state index contributed by atoms with van der Waals surface area (Å²) in [6, 6.07) is 0. The van der Waals surface area contributed by atoms with E-state index in [1.165, 1.54) is 12.7 Å². The van der Waals surface area contributed by atoms with Gasteiger partial charge in [-0.3, -0.25) is 0 Å². The molecular weight excluding hydrogens is 138 g/mol. The van der Waals surface area contributed by atoms with Gasteiger partial charge in [-0.2, -0.15) is 0 Å². The average molecular weight is 145 g/mol. The van der Waals surface area contributed by atoms with Crippen molar-refractivity contribution in [2.75, 3.05) is 7.11 Å². The van der Waals surface area contributed by atoms with Gasteiger partial charge < -0.3 is 14.3 Å². The van der Waals surface area contributed by atoms with Gasteiger partial charge in [-0.25, -0.2) is 9.78 Å². The Labute approximate surface area is 57.3 Å². The molecule has 1 rings (SSSR count). The van der Waals surface area contributed by atoms with Crippen molar-refractivity contribution in [2.24, 2.45) is 0 Å². The first-order valence-corrected chi connectivity index (χ1v) is 2.36. The fourth-order valence-corrected chi connectivity index (χ4v) is 0.176. The molecule has 1 aromatic heterocycles. The van der Waals surface area contributed by atoms with Crippen molar-refractivity contribution in [3.8, 4) is 0 Å². The van der Waals surface area contributed by atoms with Crippen LogP contribution in [0.5, 0.6) is 0 Å². The maximum absolute atomic E-state index is 9.15. The van der Waals surface area contributed by atoms with E-state index in [2.05, 4.69) is 14.1 Å². The average Bonchev–Trinajstić information content (AvgIpc) is 2.43. The fourth-order valence-electron chi connectivity index (χ4n) is 0.176. The molecule has 0 aromatic carbocycles. The molecule has 1 heterocycles. The summed E-state index contributed by atoms with van der Waals surface area (Å²) in [4.78, 5) is 12.7. The van der Waals surface area contributed by atoms with Gasteiger partial charge in [-0.15, -0.1) is 0 Å². The van der Waals surface area contributed by atoms with E-state index in [0.717, 1.165) is 7.11 Å². The van der Waals surface area contributed by atoms with Crippen LogP contribution in [0.15, 0.2) is 23.3 Å². The van der Waals surface area contributed by atoms with Crippen molar-refractivity contribution in [1.29, 1.82) is 0 Å². The number of rotatable bonds is 0. The number of aromatic nitrogens is 1. The van der Waals surface area contributed by atoms with Crippen molar-refractivity contribution in [1.82, 2.24) is 4.98 Å². The van der Waals surface area contributed by atoms with Gasteiger partial charge in [0.2, 0.25) is 0 Å². The Morgan fingerprint density at radius 3 is 2.50 bits per heavy atom. The molecule has 10 heavy (non-hydrogen) atoms. The molecule has 1 aromatic rings. The third-order valence-electron chi connectivity index (χ3n) is 0.522. The first-order chi connectivity index (χ1) is 4.77. The van der Waals surface area contributed by atoms with E-state index in [9.17, 15) is 0 Å². The minimum absolute atomic E-state index is 1.10. The van der Waals surface area contributed by atoms with E-state index in [4.69, 9.17) is 9.90 Å². The highest BCUT2D eigenvalue weighted by Gasteiger charge is 1.80. The summed E-state index contributed by atoms with van der Waals surface area (Å²) in [6.07, 6.45) is 3.23. The van der Waals surface area contributed by atoms with E-state index in [0.29, 0.717) is 0 Å². The molecule has 1 N–H and O–H groups in total. The SMILES string of the molecule is COC(=O)O.c1cocn1. The van der Waals surface area contributed by atoms with Crippen LogP contribution in [0.4, 0.5) is 4.79 Å². The van der Waals surface area contributed by atoms with Crippen molar-refractivity contribution >= 4 is 6.16 Å². The van der Waals surface area contributed by atoms with Crippen molar-refractivity contribution in [2.45, 2.75) is 0 Å². The predicted molar refractivity (Wildman–Crippen MR) is 31.5 cm³/mol. The Morgan fingerprint density at radius 2 is 2.40 bits per heavy atom. The molecular formula is C5H7NO4. The molecule has 0 aliphatic carbocycles. The summed E-state index contributed by atoms with van der Waals surface area (Å²) in [5, 5.41) is 7.50. The molecule has 0 spiro atoms. The third-order valence-corrected chi connectivity index (χ3v) is 0.522. The van der Waals surface area contributed by atoms with Crippen molar-refractivity contribution in [3.05, 3.63) is 18.9 Å². The Kier molecular flexibility index (Phi) is 4.76. The van der Waals surface area contributed by atoms with Crippen LogP contribution in [-0.2, 0) is 4.74 Å². The van der Waals surface area contributed by atoms with E-state index in [1.807, 2.05) is 0 Å². The number of nitrogens with zero attached hydrogens (tertiary/aromatic N) is 1. The highest BCUT2D eigenvalue weighted by molar-refractivity contribution is 5.56. The van der Waals surface area contributed by atoms with Gasteiger partial charge in [-0.05, 0) is 0 Å². The number of ether oxygens (including phenoxy) is 1. The zero-order valence-corrected chi connectivity index (χ0v) is 5.35. The minimum atomic E-state index is -1.25. The lowest BCUT2D eigenvalue weighted by atomic mass is 11.0. The van der Waals surface area contributed by atoms with Crippen LogP contribution in [0.1, 0.15) is 0 Å². The Hall–Kier alpha value is -1.52. The summed E-state index contributed by atoms with van der Waals surface area (Å²) < 4.78 is 8.14. The second-order valence-corrected chi connectivity index (χ2v) is 1.15. The van der Waals surface area contributed by atoms with E-state index in [-0.39, 0.29) is 0 Å². The number of carboxylic acid groups (broad SMARTS) is 1. The minimum Gasteiger partial charge on any atom is -0.452 e. The topological polar surface area (TPSA) is 72.6 Å². The third kappa shape index (κ3) is 6.48. The van der Waals surface area contributed by atoms with Crippen LogP contribution >= 0.6 is 0 Å². The van der Waals surface area contributed by atoms with Gasteiger partial charge in [0.1, 0.15) is 6.26 Å². The number of carbonyl (C=O) groups is 1. The van der Waals surface area contributed by atoms with Gasteiger partial charge in [0, 0.05) is 0 Å². The molecule has 0 fully saturated rings. The maximum Gasteiger partial charge on any atom is 0.505 e. The first-order valence-electron chi connectivity index (χ1n) is 2.36. The largest absolute Gasteiger partial charge is 0.505 e. The molecule has 0 amide bonds. The quantitative estimate of drug-likeness (QED) is 0.551. The highest BCUT2D eigenvalue weighted by Crippen LogP contribution is 1.72. The summed E-state index contributed by atoms with van der Waals surface area (Å²) >= 11 is 0. The smallest absolute Gasteiger partial charge is 0.452 e. The van der Waals surface area contributed by atoms with Gasteiger partial charge in [0.05, 0.1) is 13.3 Å². The van der Waals surface area contributed by atoms with Crippen LogP contribution in [0.3, 0.4) is 0 Å². The van der Waals surface area contributed by atoms with Crippen LogP contribution in [-0.4, -0.2) is 23.4 Å². The number of hydrogen-bond acceptors (Lipinski definition) is 4. The molecule has 0 aliphatic rings. The Bertz CT molecular complexity index is 143. The fraction of sp³-hybridized carbons (Fsp3) is 0.200. The Balaban J connectivity index is 0.000000162. The lowest BCUT2D eigenvalue weighted by Crippen LogP contribution is -1.91. The second kappa shape index (κ2) is 5.61. The standard InChI is InChI=1S/C3H3NO.C2H4O3/c1-2-5-3-4-1;1-5-2(3)4/h1-3H;1H3,(H,3,4). The van der Waals surface area contributed by atoms with Gasteiger partial charge in [0.15, 0.2) is 6.39 Å². The summed E-state index contributed by atoms with van der Waals surface area (Å²) in [7, 11) is 1.10. The number of methoxy groups -OCH3 is 1. The molecule has 0 saturated heterocycles. The molecule has 0 radical (unpaired) electrons. The lowest BCUT2D eigenvalue weighted by Gasteiger charge is -1.79. The summed E-state index contributed by atoms with van der Waals surface area (Å²) in [6.45, 7) is 0. The first kappa shape index (κ1) is 8.48. The normalized spacial score (nSPS) is 7.30. The van der Waals surface area contributed by atoms with E-state index >= 15 is 0 Å². The molecule has 0 bridgehead atoms.